The van der Waals surface area contributed by atoms with Crippen molar-refractivity contribution in [3.63, 3.8) is 0 Å². The van der Waals surface area contributed by atoms with E-state index in [9.17, 15) is 0 Å². The van der Waals surface area contributed by atoms with Crippen molar-refractivity contribution in [3.8, 4) is 22.3 Å². The minimum atomic E-state index is -0.258. The molecule has 0 atom stereocenters. The summed E-state index contributed by atoms with van der Waals surface area (Å²) in [4.78, 5) is 48.6. The first-order chi connectivity index (χ1) is 57.3. The third kappa shape index (κ3) is 13.7. The van der Waals surface area contributed by atoms with Crippen LogP contribution in [0.4, 0.5) is 0 Å². The van der Waals surface area contributed by atoms with Crippen LogP contribution >= 0.6 is 0 Å². The summed E-state index contributed by atoms with van der Waals surface area (Å²) in [6.07, 6.45) is 8.70. The fourth-order valence-electron chi connectivity index (χ4n) is 18.4. The third-order valence-electron chi connectivity index (χ3n) is 25.1. The number of rotatable bonds is 7. The van der Waals surface area contributed by atoms with Gasteiger partial charge in [0.2, 0.25) is 0 Å². The summed E-state index contributed by atoms with van der Waals surface area (Å²) in [5.74, 6) is 0. The molecule has 0 spiro atoms. The third-order valence-corrected chi connectivity index (χ3v) is 25.1. The smallest absolute Gasteiger partial charge is 0.657 e. The fraction of sp³-hybridized carbons (Fsp3) is 0.214. The molecule has 10 heterocycles. The van der Waals surface area contributed by atoms with E-state index in [1.165, 1.54) is 33.4 Å². The molecule has 6 aliphatic heterocycles. The Morgan fingerprint density at radius 3 is 0.836 bits per heavy atom. The zero-order valence-electron chi connectivity index (χ0n) is 72.6. The van der Waals surface area contributed by atoms with Gasteiger partial charge >= 0.3 is 33.0 Å². The Morgan fingerprint density at radius 2 is 0.516 bits per heavy atom. The molecule has 0 amide bonds. The first-order valence-electron chi connectivity index (χ1n) is 42.4. The van der Waals surface area contributed by atoms with Gasteiger partial charge in [0, 0.05) is 22.3 Å². The molecular weight excluding hydrogens is 1570 g/mol. The number of allylic oxidation sites excluding steroid dienone is 6. The van der Waals surface area contributed by atoms with Crippen molar-refractivity contribution in [2.45, 2.75) is 157 Å². The van der Waals surface area contributed by atoms with Crippen molar-refractivity contribution < 1.29 is 33.0 Å². The first-order valence-corrected chi connectivity index (χ1v) is 42.4. The molecule has 606 valence electrons. The number of benzene rings is 10. The second kappa shape index (κ2) is 29.4. The molecule has 0 unspecified atom stereocenters. The average Bonchev–Trinajstić information content (AvgIpc) is 1.52. The molecule has 16 bridgehead atoms. The molecule has 10 aromatic carbocycles. The van der Waals surface area contributed by atoms with Gasteiger partial charge in [-0.05, 0) is 201 Å². The van der Waals surface area contributed by atoms with Gasteiger partial charge in [-0.25, -0.2) is 20.0 Å². The van der Waals surface area contributed by atoms with Crippen LogP contribution in [0.15, 0.2) is 298 Å². The SMILES string of the molecule is CC(C)(C)c1ccc(C2=C3C=CC(=N3)C(c3ccc(C(C)(C)C)cc3)=c3ccc([n-]3)=c3c4c(c(-c5ccccc5)c5cc(C(C)(C)C)ccc35)C(C3=C5N=c6c3c(-c3ccccc3)c3cc(C(C)(C)C)ccc3c6=c3ccc([n-]3)=C(c3ccc(C(C)(C)C)cc3)C3=NC(=C(c6ccc(C(C)(C)C)cc6)c6ccc5[n-]6)C=C3)=C(N=4)c3ccc2[n-]3)cc1.[Ni+2].[Ni+2]. The van der Waals surface area contributed by atoms with Crippen LogP contribution in [0.1, 0.15) is 214 Å². The van der Waals surface area contributed by atoms with Crippen LogP contribution in [0.3, 0.4) is 0 Å². The summed E-state index contributed by atoms with van der Waals surface area (Å²) in [6, 6.07) is 90.1. The quantitative estimate of drug-likeness (QED) is 0.148. The van der Waals surface area contributed by atoms with Gasteiger partial charge < -0.3 is 19.9 Å². The monoisotopic (exact) mass is 1670 g/mol. The molecule has 0 saturated heterocycles. The van der Waals surface area contributed by atoms with Gasteiger partial charge in [0.1, 0.15) is 0 Å². The van der Waals surface area contributed by atoms with Crippen LogP contribution in [0, 0.1) is 21.1 Å². The maximum Gasteiger partial charge on any atom is 2.00 e. The second-order valence-electron chi connectivity index (χ2n) is 39.5. The molecule has 0 N–H and O–H groups in total. The van der Waals surface area contributed by atoms with Gasteiger partial charge in [-0.2, -0.15) is 0 Å². The predicted molar refractivity (Wildman–Crippen MR) is 497 cm³/mol. The number of hydrogen-bond acceptors (Lipinski definition) is 4. The number of aliphatic imine (C=N–C) groups is 2. The first kappa shape index (κ1) is 81.0. The van der Waals surface area contributed by atoms with Gasteiger partial charge in [-0.3, -0.25) is 0 Å². The molecule has 8 nitrogen and oxygen atoms in total. The Hall–Kier alpha value is -12.1. The van der Waals surface area contributed by atoms with Crippen molar-refractivity contribution in [3.05, 3.63) is 410 Å². The molecule has 14 aromatic rings. The Bertz CT molecular complexity index is 7070. The molecular formula is C112H98N8Ni2. The average molecular weight is 1670 g/mol. The van der Waals surface area contributed by atoms with E-state index in [-0.39, 0.29) is 65.5 Å². The van der Waals surface area contributed by atoms with E-state index in [1.54, 1.807) is 0 Å². The molecule has 20 rings (SSSR count). The summed E-state index contributed by atoms with van der Waals surface area (Å²) >= 11 is 0. The molecule has 10 heteroatoms. The van der Waals surface area contributed by atoms with Crippen LogP contribution in [0.25, 0.3) is 88.6 Å². The minimum Gasteiger partial charge on any atom is -0.657 e. The molecule has 0 aliphatic carbocycles. The Kier molecular flexibility index (Phi) is 19.5. The fourth-order valence-corrected chi connectivity index (χ4v) is 18.4. The Balaban J connectivity index is 0.00000508. The van der Waals surface area contributed by atoms with E-state index >= 15 is 0 Å². The second-order valence-corrected chi connectivity index (χ2v) is 39.5. The van der Waals surface area contributed by atoms with E-state index in [0.717, 1.165) is 187 Å². The molecule has 0 saturated carbocycles. The number of aromatic nitrogens is 4. The van der Waals surface area contributed by atoms with Crippen molar-refractivity contribution in [2.75, 3.05) is 0 Å². The van der Waals surface area contributed by atoms with Crippen LogP contribution in [-0.4, -0.2) is 11.4 Å². The van der Waals surface area contributed by atoms with E-state index in [0.29, 0.717) is 22.8 Å². The van der Waals surface area contributed by atoms with E-state index in [1.807, 2.05) is 0 Å². The van der Waals surface area contributed by atoms with Gasteiger partial charge in [0.05, 0.1) is 44.9 Å². The van der Waals surface area contributed by atoms with Crippen molar-refractivity contribution in [2.24, 2.45) is 20.0 Å². The predicted octanol–water partition coefficient (Wildman–Crippen LogP) is 23.2. The van der Waals surface area contributed by atoms with Gasteiger partial charge in [0.15, 0.2) is 0 Å². The minimum absolute atomic E-state index is 0. The summed E-state index contributed by atoms with van der Waals surface area (Å²) in [6.45, 7) is 41.1. The molecule has 0 fully saturated rings. The zero-order chi connectivity index (χ0) is 83.2. The standard InChI is InChI=1S/C112H98N8.2Ni/c1-107(2,3)69-37-29-65(30-38-69)93-79-49-51-81(113-79)95(67-33-41-71(42-34-67)109(7,8)9)85-57-59-89(117-85)103-101(99-91(63-25-21-19-22-26-63)77-61-73(111(13,14)15)45-47-75(77)97(105(99)119-103)87-55-53-83(93)115-87)102-100-92(64-27-23-20-24-28-64)78-62-74(112(16,17)18)46-48-76(78)98-88-56-54-84(116-88)94(66-31-39-70(40-32-66)108(4,5)6)80-50-52-82(114-80)96(68-35-43-72(44-36-68)110(10,11)12)86-58-60-90(118-86)104(102)120-106(98)100;;/h19-62H,1-18H3;;/q-4;2*+2. The van der Waals surface area contributed by atoms with Crippen molar-refractivity contribution in [1.29, 1.82) is 0 Å². The molecule has 6 aliphatic rings. The normalized spacial score (nSPS) is 15.0. The molecule has 4 aromatic heterocycles. The number of nitrogens with zero attached hydrogens (tertiary/aromatic N) is 8. The van der Waals surface area contributed by atoms with E-state index in [2.05, 4.69) is 392 Å². The van der Waals surface area contributed by atoms with Gasteiger partial charge in [-0.15, -0.1) is 44.2 Å². The summed E-state index contributed by atoms with van der Waals surface area (Å²) in [5, 5.41) is 10.8. The van der Waals surface area contributed by atoms with Gasteiger partial charge in [0.25, 0.3) is 0 Å². The maximum atomic E-state index is 6.43. The number of hydrogen-bond donors (Lipinski definition) is 0. The van der Waals surface area contributed by atoms with E-state index < -0.39 is 0 Å². The Labute approximate surface area is 735 Å². The van der Waals surface area contributed by atoms with Crippen LogP contribution in [-0.2, 0) is 65.5 Å². The maximum absolute atomic E-state index is 6.43. The van der Waals surface area contributed by atoms with E-state index in [4.69, 9.17) is 39.9 Å². The molecule has 0 radical (unpaired) electrons. The van der Waals surface area contributed by atoms with Gasteiger partial charge in [-0.1, -0.05) is 355 Å². The summed E-state index contributed by atoms with van der Waals surface area (Å²) < 4.78 is 0. The van der Waals surface area contributed by atoms with Crippen molar-refractivity contribution >= 4 is 77.8 Å². The van der Waals surface area contributed by atoms with Crippen LogP contribution in [0.5, 0.6) is 0 Å². The molecule has 122 heavy (non-hydrogen) atoms. The summed E-state index contributed by atoms with van der Waals surface area (Å²) in [7, 11) is 0. The zero-order valence-corrected chi connectivity index (χ0v) is 74.6. The Morgan fingerprint density at radius 1 is 0.221 bits per heavy atom. The topological polar surface area (TPSA) is 106 Å². The number of fused-ring (bicyclic) bond motifs is 18. The largest absolute Gasteiger partial charge is 2.00 e. The van der Waals surface area contributed by atoms with Crippen LogP contribution in [0.2, 0.25) is 0 Å². The van der Waals surface area contributed by atoms with Crippen molar-refractivity contribution in [1.82, 2.24) is 19.9 Å². The van der Waals surface area contributed by atoms with Crippen LogP contribution < -0.4 is 41.3 Å². The summed E-state index contributed by atoms with van der Waals surface area (Å²) in [5.41, 5.74) is 29.5.